The van der Waals surface area contributed by atoms with Gasteiger partial charge in [0.15, 0.2) is 0 Å². The maximum atomic E-state index is 13.0. The summed E-state index contributed by atoms with van der Waals surface area (Å²) in [5.41, 5.74) is 4.46. The lowest BCUT2D eigenvalue weighted by Gasteiger charge is -2.27. The molecular weight excluding hydrogens is 446 g/mol. The molecule has 0 aliphatic heterocycles. The molecule has 0 unspecified atom stereocenters. The summed E-state index contributed by atoms with van der Waals surface area (Å²) in [4.78, 5) is 24.7. The zero-order chi connectivity index (χ0) is 24.9. The van der Waals surface area contributed by atoms with Gasteiger partial charge in [-0.25, -0.2) is 0 Å². The van der Waals surface area contributed by atoms with E-state index >= 15 is 0 Å². The van der Waals surface area contributed by atoms with Crippen LogP contribution in [0.2, 0.25) is 0 Å². The molecule has 188 valence electrons. The molecule has 0 saturated heterocycles. The van der Waals surface area contributed by atoms with Crippen molar-refractivity contribution < 1.29 is 28.9 Å². The topological polar surface area (TPSA) is 94.1 Å². The third-order valence-corrected chi connectivity index (χ3v) is 6.93. The molecule has 7 heteroatoms. The molecule has 2 aromatic rings. The second-order valence-electron chi connectivity index (χ2n) is 9.44. The summed E-state index contributed by atoms with van der Waals surface area (Å²) in [6, 6.07) is 9.76. The lowest BCUT2D eigenvalue weighted by atomic mass is 9.78. The number of hydrogen-bond donors (Lipinski definition) is 2. The van der Waals surface area contributed by atoms with Crippen molar-refractivity contribution in [2.24, 2.45) is 11.8 Å². The van der Waals surface area contributed by atoms with Crippen LogP contribution in [0.15, 0.2) is 30.3 Å². The second kappa shape index (κ2) is 11.1. The summed E-state index contributed by atoms with van der Waals surface area (Å²) in [5.74, 6) is -0.744. The zero-order valence-electron chi connectivity index (χ0n) is 20.8. The van der Waals surface area contributed by atoms with Crippen LogP contribution in [0, 0.1) is 18.8 Å². The molecule has 2 aliphatic carbocycles. The van der Waals surface area contributed by atoms with Crippen molar-refractivity contribution in [3.63, 3.8) is 0 Å². The molecule has 2 atom stereocenters. The third kappa shape index (κ3) is 5.96. The maximum absolute atomic E-state index is 13.0. The predicted octanol–water partition coefficient (Wildman–Crippen LogP) is 5.58. The highest BCUT2D eigenvalue weighted by Gasteiger charge is 2.35. The van der Waals surface area contributed by atoms with Crippen LogP contribution in [0.25, 0.3) is 11.1 Å². The Balaban J connectivity index is 1.63. The van der Waals surface area contributed by atoms with Crippen LogP contribution in [0.3, 0.4) is 0 Å². The van der Waals surface area contributed by atoms with E-state index < -0.39 is 17.8 Å². The Morgan fingerprint density at radius 1 is 1.03 bits per heavy atom. The van der Waals surface area contributed by atoms with E-state index in [4.69, 9.17) is 14.2 Å². The molecule has 7 nitrogen and oxygen atoms in total. The summed E-state index contributed by atoms with van der Waals surface area (Å²) in [6.07, 6.45) is 5.28. The van der Waals surface area contributed by atoms with Crippen molar-refractivity contribution >= 4 is 17.6 Å². The van der Waals surface area contributed by atoms with E-state index in [0.717, 1.165) is 59.4 Å². The number of carbonyl (C=O) groups is 2. The van der Waals surface area contributed by atoms with Crippen molar-refractivity contribution in [2.45, 2.75) is 65.1 Å². The first-order valence-electron chi connectivity index (χ1n) is 12.5. The molecule has 0 aromatic heterocycles. The largest absolute Gasteiger partial charge is 0.496 e. The first kappa shape index (κ1) is 25.0. The smallest absolute Gasteiger partial charge is 0.307 e. The van der Waals surface area contributed by atoms with Gasteiger partial charge >= 0.3 is 5.97 Å². The van der Waals surface area contributed by atoms with E-state index in [2.05, 4.69) is 5.32 Å². The minimum Gasteiger partial charge on any atom is -0.496 e. The van der Waals surface area contributed by atoms with Crippen molar-refractivity contribution in [3.05, 3.63) is 41.5 Å². The van der Waals surface area contributed by atoms with Crippen molar-refractivity contribution in [3.8, 4) is 22.6 Å². The average Bonchev–Trinajstić information content (AvgIpc) is 3.69. The van der Waals surface area contributed by atoms with Crippen LogP contribution in [0.5, 0.6) is 11.5 Å². The molecule has 0 spiro atoms. The van der Waals surface area contributed by atoms with Crippen LogP contribution in [-0.2, 0) is 20.9 Å². The predicted molar refractivity (Wildman–Crippen MR) is 134 cm³/mol. The minimum absolute atomic E-state index is 0.227. The van der Waals surface area contributed by atoms with Crippen LogP contribution in [0.4, 0.5) is 5.69 Å². The summed E-state index contributed by atoms with van der Waals surface area (Å²) in [5, 5.41) is 12.5. The quantitative estimate of drug-likeness (QED) is 0.460. The lowest BCUT2D eigenvalue weighted by molar-refractivity contribution is -0.147. The highest BCUT2D eigenvalue weighted by atomic mass is 16.5. The number of carboxylic acid groups (broad SMARTS) is 1. The Labute approximate surface area is 206 Å². The molecule has 0 heterocycles. The third-order valence-electron chi connectivity index (χ3n) is 6.93. The molecule has 1 amide bonds. The molecule has 4 rings (SSSR count). The fraction of sp³-hybridized carbons (Fsp3) is 0.500. The van der Waals surface area contributed by atoms with E-state index in [1.54, 1.807) is 7.11 Å². The number of aliphatic carboxylic acids is 1. The monoisotopic (exact) mass is 481 g/mol. The minimum atomic E-state index is -0.892. The number of ether oxygens (including phenoxy) is 3. The zero-order valence-corrected chi connectivity index (χ0v) is 20.8. The highest BCUT2D eigenvalue weighted by Crippen LogP contribution is 2.38. The van der Waals surface area contributed by atoms with E-state index in [0.29, 0.717) is 31.7 Å². The molecule has 2 N–H and O–H groups in total. The van der Waals surface area contributed by atoms with Crippen molar-refractivity contribution in [1.29, 1.82) is 0 Å². The van der Waals surface area contributed by atoms with Gasteiger partial charge in [0, 0.05) is 11.3 Å². The molecule has 2 aromatic carbocycles. The Hall–Kier alpha value is -3.06. The first-order chi connectivity index (χ1) is 16.9. The Morgan fingerprint density at radius 3 is 2.40 bits per heavy atom. The summed E-state index contributed by atoms with van der Waals surface area (Å²) >= 11 is 0. The summed E-state index contributed by atoms with van der Waals surface area (Å²) < 4.78 is 17.5. The van der Waals surface area contributed by atoms with Gasteiger partial charge in [-0.1, -0.05) is 18.9 Å². The standard InChI is InChI=1S/C28H35NO6/c1-4-34-26-15-18(14-25(33-3)17(26)2)22-12-9-20(13-19(22)16-35-21-10-11-21)29-27(30)23-7-5-6-8-24(23)28(31)32/h9,12-15,21,23-24H,4-8,10-11,16H2,1-3H3,(H,29,30)(H,31,32)/t23-,24-/m0/s1. The van der Waals surface area contributed by atoms with E-state index in [1.165, 1.54) is 0 Å². The van der Waals surface area contributed by atoms with Gasteiger partial charge in [-0.05, 0) is 80.5 Å². The number of benzene rings is 2. The van der Waals surface area contributed by atoms with Crippen molar-refractivity contribution in [1.82, 2.24) is 0 Å². The number of anilines is 1. The van der Waals surface area contributed by atoms with Crippen LogP contribution in [0.1, 0.15) is 56.6 Å². The molecule has 2 saturated carbocycles. The van der Waals surface area contributed by atoms with E-state index in [1.807, 2.05) is 44.2 Å². The Kier molecular flexibility index (Phi) is 7.96. The molecule has 2 fully saturated rings. The number of amides is 1. The molecule has 2 aliphatic rings. The molecule has 35 heavy (non-hydrogen) atoms. The second-order valence-corrected chi connectivity index (χ2v) is 9.44. The Bertz CT molecular complexity index is 1080. The van der Waals surface area contributed by atoms with Gasteiger partial charge in [-0.3, -0.25) is 9.59 Å². The summed E-state index contributed by atoms with van der Waals surface area (Å²) in [7, 11) is 1.65. The number of hydrogen-bond acceptors (Lipinski definition) is 5. The Morgan fingerprint density at radius 2 is 1.74 bits per heavy atom. The van der Waals surface area contributed by atoms with E-state index in [9.17, 15) is 14.7 Å². The molecular formula is C28H35NO6. The van der Waals surface area contributed by atoms with Gasteiger partial charge in [-0.15, -0.1) is 0 Å². The molecule has 0 radical (unpaired) electrons. The van der Waals surface area contributed by atoms with Gasteiger partial charge in [0.05, 0.1) is 38.3 Å². The SMILES string of the molecule is CCOc1cc(-c2ccc(NC(=O)[C@H]3CCCC[C@@H]3C(=O)O)cc2COC2CC2)cc(OC)c1C. The fourth-order valence-electron chi connectivity index (χ4n) is 4.83. The number of carboxylic acids is 1. The van der Waals surface area contributed by atoms with Gasteiger partial charge in [0.25, 0.3) is 0 Å². The average molecular weight is 482 g/mol. The van der Waals surface area contributed by atoms with E-state index in [-0.39, 0.29) is 12.0 Å². The van der Waals surface area contributed by atoms with Crippen LogP contribution >= 0.6 is 0 Å². The molecule has 0 bridgehead atoms. The highest BCUT2D eigenvalue weighted by molar-refractivity contribution is 5.95. The maximum Gasteiger partial charge on any atom is 0.307 e. The first-order valence-corrected chi connectivity index (χ1v) is 12.5. The number of carbonyl (C=O) groups excluding carboxylic acids is 1. The number of methoxy groups -OCH3 is 1. The van der Waals surface area contributed by atoms with Gasteiger partial charge in [-0.2, -0.15) is 0 Å². The number of rotatable bonds is 10. The number of nitrogens with one attached hydrogen (secondary N) is 1. The normalized spacial score (nSPS) is 19.7. The van der Waals surface area contributed by atoms with Gasteiger partial charge in [0.2, 0.25) is 5.91 Å². The summed E-state index contributed by atoms with van der Waals surface area (Å²) in [6.45, 7) is 4.89. The lowest BCUT2D eigenvalue weighted by Crippen LogP contribution is -2.36. The fourth-order valence-corrected chi connectivity index (χ4v) is 4.83. The van der Waals surface area contributed by atoms with Gasteiger partial charge in [0.1, 0.15) is 11.5 Å². The van der Waals surface area contributed by atoms with Crippen LogP contribution in [-0.4, -0.2) is 36.8 Å². The van der Waals surface area contributed by atoms with Crippen LogP contribution < -0.4 is 14.8 Å². The van der Waals surface area contributed by atoms with Crippen molar-refractivity contribution in [2.75, 3.05) is 19.0 Å². The van der Waals surface area contributed by atoms with Gasteiger partial charge < -0.3 is 24.6 Å².